The van der Waals surface area contributed by atoms with E-state index < -0.39 is 10.1 Å². The highest BCUT2D eigenvalue weighted by Crippen LogP contribution is 2.34. The van der Waals surface area contributed by atoms with Gasteiger partial charge in [-0.25, -0.2) is 0 Å². The van der Waals surface area contributed by atoms with E-state index in [1.165, 1.54) is 12.1 Å². The Hall–Kier alpha value is -1.96. The van der Waals surface area contributed by atoms with E-state index >= 15 is 0 Å². The van der Waals surface area contributed by atoms with Gasteiger partial charge in [-0.05, 0) is 78.2 Å². The number of hydrogen-bond acceptors (Lipinski definition) is 4. The lowest BCUT2D eigenvalue weighted by Gasteiger charge is -2.12. The minimum absolute atomic E-state index is 0.0929. The first-order chi connectivity index (χ1) is 13.7. The summed E-state index contributed by atoms with van der Waals surface area (Å²) >= 11 is 6.84. The molecule has 0 heterocycles. The van der Waals surface area contributed by atoms with Gasteiger partial charge in [0.05, 0.1) is 10.2 Å². The van der Waals surface area contributed by atoms with Crippen LogP contribution in [0.3, 0.4) is 0 Å². The first-order valence-electron chi connectivity index (χ1n) is 8.78. The molecule has 29 heavy (non-hydrogen) atoms. The van der Waals surface area contributed by atoms with Gasteiger partial charge in [-0.3, -0.25) is 4.99 Å². The molecule has 0 aliphatic carbocycles. The molecular formula is C22H19Br2NO3S. The fourth-order valence-electron chi connectivity index (χ4n) is 2.64. The minimum atomic E-state index is -3.99. The molecule has 0 fully saturated rings. The van der Waals surface area contributed by atoms with Gasteiger partial charge in [0.15, 0.2) is 5.75 Å². The zero-order chi connectivity index (χ0) is 21.2. The number of aliphatic imine (C=N–C) groups is 1. The molecule has 3 aromatic carbocycles. The number of rotatable bonds is 5. The van der Waals surface area contributed by atoms with Crippen molar-refractivity contribution in [3.8, 4) is 5.75 Å². The SMILES string of the molecule is Cc1ccc(S(=O)(=O)Oc2c(Br)cc(Br)cc2C=Nc2cccc(C)c2C)cc1. The van der Waals surface area contributed by atoms with Crippen LogP contribution in [0.5, 0.6) is 5.75 Å². The average Bonchev–Trinajstić information content (AvgIpc) is 2.66. The van der Waals surface area contributed by atoms with E-state index in [9.17, 15) is 8.42 Å². The first kappa shape index (κ1) is 21.7. The molecule has 0 radical (unpaired) electrons. The summed E-state index contributed by atoms with van der Waals surface area (Å²) in [5, 5.41) is 0. The first-order valence-corrected chi connectivity index (χ1v) is 11.8. The Morgan fingerprint density at radius 1 is 0.966 bits per heavy atom. The number of benzene rings is 3. The van der Waals surface area contributed by atoms with Gasteiger partial charge in [0.25, 0.3) is 0 Å². The van der Waals surface area contributed by atoms with Crippen molar-refractivity contribution in [2.24, 2.45) is 4.99 Å². The molecule has 0 N–H and O–H groups in total. The molecule has 0 amide bonds. The third-order valence-electron chi connectivity index (χ3n) is 4.46. The van der Waals surface area contributed by atoms with Crippen LogP contribution in [0.2, 0.25) is 0 Å². The molecule has 3 aromatic rings. The van der Waals surface area contributed by atoms with Crippen LogP contribution in [0.1, 0.15) is 22.3 Å². The maximum absolute atomic E-state index is 12.8. The van der Waals surface area contributed by atoms with Crippen LogP contribution < -0.4 is 4.18 Å². The van der Waals surface area contributed by atoms with Crippen molar-refractivity contribution in [2.45, 2.75) is 25.7 Å². The molecule has 0 atom stereocenters. The number of hydrogen-bond donors (Lipinski definition) is 0. The van der Waals surface area contributed by atoms with Gasteiger partial charge in [-0.15, -0.1) is 0 Å². The van der Waals surface area contributed by atoms with E-state index in [-0.39, 0.29) is 10.6 Å². The summed E-state index contributed by atoms with van der Waals surface area (Å²) in [5.74, 6) is 0.183. The highest BCUT2D eigenvalue weighted by Gasteiger charge is 2.20. The van der Waals surface area contributed by atoms with Gasteiger partial charge >= 0.3 is 10.1 Å². The van der Waals surface area contributed by atoms with Gasteiger partial charge in [0.1, 0.15) is 4.90 Å². The second-order valence-electron chi connectivity index (χ2n) is 6.63. The normalized spacial score (nSPS) is 11.8. The zero-order valence-electron chi connectivity index (χ0n) is 16.1. The summed E-state index contributed by atoms with van der Waals surface area (Å²) in [7, 11) is -3.99. The molecule has 0 bridgehead atoms. The largest absolute Gasteiger partial charge is 0.377 e. The van der Waals surface area contributed by atoms with Crippen molar-refractivity contribution in [3.63, 3.8) is 0 Å². The fourth-order valence-corrected chi connectivity index (χ4v) is 5.06. The standard InChI is InChI=1S/C22H19Br2NO3S/c1-14-7-9-19(10-8-14)29(26,27)28-22-17(11-18(23)12-20(22)24)13-25-21-6-4-5-15(2)16(21)3/h4-13H,1-3H3. The monoisotopic (exact) mass is 535 g/mol. The maximum Gasteiger partial charge on any atom is 0.339 e. The van der Waals surface area contributed by atoms with Crippen LogP contribution in [0.15, 0.2) is 73.4 Å². The van der Waals surface area contributed by atoms with E-state index in [0.29, 0.717) is 10.0 Å². The van der Waals surface area contributed by atoms with Crippen molar-refractivity contribution in [2.75, 3.05) is 0 Å². The molecule has 0 spiro atoms. The van der Waals surface area contributed by atoms with E-state index in [0.717, 1.165) is 26.9 Å². The van der Waals surface area contributed by atoms with Crippen LogP contribution in [-0.2, 0) is 10.1 Å². The van der Waals surface area contributed by atoms with Crippen molar-refractivity contribution in [1.82, 2.24) is 0 Å². The van der Waals surface area contributed by atoms with Crippen molar-refractivity contribution in [1.29, 1.82) is 0 Å². The van der Waals surface area contributed by atoms with Gasteiger partial charge in [-0.2, -0.15) is 8.42 Å². The molecule has 150 valence electrons. The van der Waals surface area contributed by atoms with Crippen LogP contribution in [0.4, 0.5) is 5.69 Å². The molecule has 0 aliphatic rings. The van der Waals surface area contributed by atoms with E-state index in [4.69, 9.17) is 4.18 Å². The molecule has 0 saturated carbocycles. The number of nitrogens with zero attached hydrogens (tertiary/aromatic N) is 1. The lowest BCUT2D eigenvalue weighted by molar-refractivity contribution is 0.484. The van der Waals surface area contributed by atoms with Crippen molar-refractivity contribution < 1.29 is 12.6 Å². The van der Waals surface area contributed by atoms with E-state index in [1.807, 2.05) is 39.0 Å². The lowest BCUT2D eigenvalue weighted by Crippen LogP contribution is -2.11. The molecule has 7 heteroatoms. The molecule has 4 nitrogen and oxygen atoms in total. The van der Waals surface area contributed by atoms with Crippen molar-refractivity contribution in [3.05, 3.63) is 85.8 Å². The minimum Gasteiger partial charge on any atom is -0.377 e. The van der Waals surface area contributed by atoms with Gasteiger partial charge in [-0.1, -0.05) is 45.8 Å². The summed E-state index contributed by atoms with van der Waals surface area (Å²) in [4.78, 5) is 4.65. The Morgan fingerprint density at radius 3 is 2.34 bits per heavy atom. The fraction of sp³-hybridized carbons (Fsp3) is 0.136. The van der Waals surface area contributed by atoms with Crippen LogP contribution >= 0.6 is 31.9 Å². The highest BCUT2D eigenvalue weighted by atomic mass is 79.9. The van der Waals surface area contributed by atoms with Crippen LogP contribution in [0, 0.1) is 20.8 Å². The van der Waals surface area contributed by atoms with Gasteiger partial charge in [0.2, 0.25) is 0 Å². The van der Waals surface area contributed by atoms with Gasteiger partial charge in [0, 0.05) is 16.3 Å². The second kappa shape index (κ2) is 8.81. The van der Waals surface area contributed by atoms with Crippen LogP contribution in [0.25, 0.3) is 0 Å². The van der Waals surface area contributed by atoms with E-state index in [2.05, 4.69) is 36.9 Å². The zero-order valence-corrected chi connectivity index (χ0v) is 20.1. The maximum atomic E-state index is 12.8. The Labute approximate surface area is 188 Å². The summed E-state index contributed by atoms with van der Waals surface area (Å²) in [6, 6.07) is 15.9. The third-order valence-corrected chi connectivity index (χ3v) is 6.74. The average molecular weight is 537 g/mol. The number of aryl methyl sites for hydroxylation is 2. The summed E-state index contributed by atoms with van der Waals surface area (Å²) in [6.45, 7) is 5.91. The lowest BCUT2D eigenvalue weighted by atomic mass is 10.1. The van der Waals surface area contributed by atoms with E-state index in [1.54, 1.807) is 30.5 Å². The third kappa shape index (κ3) is 5.15. The smallest absolute Gasteiger partial charge is 0.339 e. The predicted molar refractivity (Wildman–Crippen MR) is 124 cm³/mol. The Balaban J connectivity index is 2.02. The quantitative estimate of drug-likeness (QED) is 0.271. The van der Waals surface area contributed by atoms with Crippen molar-refractivity contribution >= 4 is 53.9 Å². The Morgan fingerprint density at radius 2 is 1.66 bits per heavy atom. The molecule has 0 unspecified atom stereocenters. The van der Waals surface area contributed by atoms with Crippen LogP contribution in [-0.4, -0.2) is 14.6 Å². The molecular weight excluding hydrogens is 518 g/mol. The number of halogens is 2. The highest BCUT2D eigenvalue weighted by molar-refractivity contribution is 9.11. The summed E-state index contributed by atoms with van der Waals surface area (Å²) in [6.07, 6.45) is 1.61. The Bertz CT molecular complexity index is 1190. The molecule has 3 rings (SSSR count). The topological polar surface area (TPSA) is 55.7 Å². The predicted octanol–water partition coefficient (Wildman–Crippen LogP) is 6.66. The molecule has 0 saturated heterocycles. The summed E-state index contributed by atoms with van der Waals surface area (Å²) < 4.78 is 32.3. The summed E-state index contributed by atoms with van der Waals surface area (Å²) in [5.41, 5.74) is 4.51. The Kier molecular flexibility index (Phi) is 6.61. The molecule has 0 aliphatic heterocycles. The molecule has 0 aromatic heterocycles. The second-order valence-corrected chi connectivity index (χ2v) is 9.95. The van der Waals surface area contributed by atoms with Gasteiger partial charge < -0.3 is 4.18 Å².